The molecule has 0 bridgehead atoms. The van der Waals surface area contributed by atoms with Gasteiger partial charge in [0.1, 0.15) is 6.54 Å². The molecule has 5 nitrogen and oxygen atoms in total. The molecule has 21 heavy (non-hydrogen) atoms. The van der Waals surface area contributed by atoms with Crippen LogP contribution in [0.15, 0.2) is 12.3 Å². The van der Waals surface area contributed by atoms with Gasteiger partial charge in [-0.3, -0.25) is 9.48 Å². The third-order valence-corrected chi connectivity index (χ3v) is 3.81. The molecule has 0 radical (unpaired) electrons. The summed E-state index contributed by atoms with van der Waals surface area (Å²) < 4.78 is 38.3. The smallest absolute Gasteiger partial charge is 0.391 e. The van der Waals surface area contributed by atoms with Gasteiger partial charge in [0.2, 0.25) is 5.91 Å². The molecule has 0 aromatic carbocycles. The highest BCUT2D eigenvalue weighted by Crippen LogP contribution is 2.27. The lowest BCUT2D eigenvalue weighted by atomic mass is 9.91. The first-order valence-electron chi connectivity index (χ1n) is 6.83. The summed E-state index contributed by atoms with van der Waals surface area (Å²) in [7, 11) is 1.57. The van der Waals surface area contributed by atoms with Crippen LogP contribution in [0.3, 0.4) is 0 Å². The summed E-state index contributed by atoms with van der Waals surface area (Å²) in [4.78, 5) is 13.5. The van der Waals surface area contributed by atoms with Gasteiger partial charge in [-0.15, -0.1) is 0 Å². The fraction of sp³-hybridized carbons (Fsp3) is 0.692. The number of aliphatic hydroxyl groups is 1. The second-order valence-corrected chi connectivity index (χ2v) is 5.32. The molecule has 1 aromatic heterocycles. The zero-order valence-corrected chi connectivity index (χ0v) is 11.7. The Hall–Kier alpha value is -1.57. The zero-order valence-electron chi connectivity index (χ0n) is 11.7. The van der Waals surface area contributed by atoms with Crippen LogP contribution < -0.4 is 0 Å². The summed E-state index contributed by atoms with van der Waals surface area (Å²) >= 11 is 0. The van der Waals surface area contributed by atoms with Crippen LogP contribution in [0.5, 0.6) is 0 Å². The molecule has 1 saturated carbocycles. The summed E-state index contributed by atoms with van der Waals surface area (Å²) in [5.74, 6) is -0.363. The largest absolute Gasteiger partial charge is 0.435 e. The van der Waals surface area contributed by atoms with Crippen LogP contribution in [0, 0.1) is 0 Å². The number of nitrogens with zero attached hydrogens (tertiary/aromatic N) is 3. The summed E-state index contributed by atoms with van der Waals surface area (Å²) in [5, 5.41) is 13.2. The quantitative estimate of drug-likeness (QED) is 0.924. The van der Waals surface area contributed by atoms with Crippen molar-refractivity contribution < 1.29 is 23.1 Å². The van der Waals surface area contributed by atoms with E-state index in [1.165, 1.54) is 4.90 Å². The number of carbonyl (C=O) groups is 1. The van der Waals surface area contributed by atoms with Gasteiger partial charge in [-0.05, 0) is 18.9 Å². The van der Waals surface area contributed by atoms with Gasteiger partial charge in [-0.25, -0.2) is 0 Å². The molecular weight excluding hydrogens is 287 g/mol. The van der Waals surface area contributed by atoms with Crippen molar-refractivity contribution in [2.45, 2.75) is 50.6 Å². The Morgan fingerprint density at radius 3 is 2.71 bits per heavy atom. The average molecular weight is 305 g/mol. The lowest BCUT2D eigenvalue weighted by Crippen LogP contribution is -2.47. The third kappa shape index (κ3) is 3.75. The molecule has 2 atom stereocenters. The van der Waals surface area contributed by atoms with Crippen molar-refractivity contribution in [2.24, 2.45) is 0 Å². The van der Waals surface area contributed by atoms with Gasteiger partial charge < -0.3 is 10.0 Å². The van der Waals surface area contributed by atoms with E-state index < -0.39 is 18.0 Å². The zero-order chi connectivity index (χ0) is 15.6. The lowest BCUT2D eigenvalue weighted by Gasteiger charge is -2.35. The predicted molar refractivity (Wildman–Crippen MR) is 68.3 cm³/mol. The number of halogens is 3. The van der Waals surface area contributed by atoms with Gasteiger partial charge in [0.25, 0.3) is 0 Å². The molecule has 8 heteroatoms. The molecule has 118 valence electrons. The summed E-state index contributed by atoms with van der Waals surface area (Å²) in [5.41, 5.74) is -1.02. The van der Waals surface area contributed by atoms with Crippen LogP contribution in [0.2, 0.25) is 0 Å². The highest BCUT2D eigenvalue weighted by Gasteiger charge is 2.34. The van der Waals surface area contributed by atoms with E-state index in [1.807, 2.05) is 0 Å². The second kappa shape index (κ2) is 6.05. The topological polar surface area (TPSA) is 58.4 Å². The molecule has 1 heterocycles. The summed E-state index contributed by atoms with van der Waals surface area (Å²) in [6, 6.07) is 0.562. The van der Waals surface area contributed by atoms with Crippen LogP contribution >= 0.6 is 0 Å². The number of carbonyl (C=O) groups excluding carboxylic acids is 1. The van der Waals surface area contributed by atoms with Gasteiger partial charge in [0.05, 0.1) is 12.1 Å². The molecule has 1 amide bonds. The average Bonchev–Trinajstić information content (AvgIpc) is 2.87. The van der Waals surface area contributed by atoms with Gasteiger partial charge in [-0.2, -0.15) is 18.3 Å². The predicted octanol–water partition coefficient (Wildman–Crippen LogP) is 1.66. The van der Waals surface area contributed by atoms with E-state index >= 15 is 0 Å². The van der Waals surface area contributed by atoms with E-state index in [2.05, 4.69) is 5.10 Å². The molecular formula is C13H18F3N3O2. The Bertz CT molecular complexity index is 501. The molecule has 1 fully saturated rings. The van der Waals surface area contributed by atoms with E-state index in [0.29, 0.717) is 12.8 Å². The summed E-state index contributed by atoms with van der Waals surface area (Å²) in [6.45, 7) is -0.268. The number of alkyl halides is 3. The van der Waals surface area contributed by atoms with Crippen LogP contribution in [0.1, 0.15) is 31.4 Å². The van der Waals surface area contributed by atoms with Gasteiger partial charge in [0, 0.05) is 13.2 Å². The maximum atomic E-state index is 12.4. The Morgan fingerprint density at radius 2 is 2.14 bits per heavy atom. The summed E-state index contributed by atoms with van der Waals surface area (Å²) in [6.07, 6.45) is -0.756. The maximum absolute atomic E-state index is 12.4. The first kappa shape index (κ1) is 15.8. The number of aliphatic hydroxyl groups excluding tert-OH is 1. The van der Waals surface area contributed by atoms with Crippen molar-refractivity contribution in [3.8, 4) is 0 Å². The second-order valence-electron chi connectivity index (χ2n) is 5.32. The minimum Gasteiger partial charge on any atom is -0.391 e. The van der Waals surface area contributed by atoms with Crippen molar-refractivity contribution in [1.82, 2.24) is 14.7 Å². The lowest BCUT2D eigenvalue weighted by molar-refractivity contribution is -0.142. The van der Waals surface area contributed by atoms with Gasteiger partial charge in [-0.1, -0.05) is 12.8 Å². The molecule has 1 aliphatic carbocycles. The molecule has 0 spiro atoms. The molecule has 1 aromatic rings. The molecule has 2 rings (SSSR count). The fourth-order valence-electron chi connectivity index (χ4n) is 2.58. The normalized spacial score (nSPS) is 23.1. The van der Waals surface area contributed by atoms with Crippen molar-refractivity contribution in [3.05, 3.63) is 18.0 Å². The maximum Gasteiger partial charge on any atom is 0.435 e. The highest BCUT2D eigenvalue weighted by atomic mass is 19.4. The molecule has 1 N–H and O–H groups in total. The third-order valence-electron chi connectivity index (χ3n) is 3.81. The standard InChI is InChI=1S/C13H18F3N3O2/c1-18(9-4-2-3-5-10(9)20)12(21)8-19-7-6-11(17-19)13(14,15)16/h6-7,9-10,20H,2-5,8H2,1H3. The van der Waals surface area contributed by atoms with Crippen LogP contribution in [0.4, 0.5) is 13.2 Å². The first-order valence-corrected chi connectivity index (χ1v) is 6.83. The molecule has 2 unspecified atom stereocenters. The van der Waals surface area contributed by atoms with Crippen LogP contribution in [-0.4, -0.2) is 44.9 Å². The van der Waals surface area contributed by atoms with E-state index in [0.717, 1.165) is 29.8 Å². The van der Waals surface area contributed by atoms with E-state index in [-0.39, 0.29) is 18.5 Å². The Morgan fingerprint density at radius 1 is 1.48 bits per heavy atom. The Balaban J connectivity index is 1.99. The molecule has 1 aliphatic rings. The van der Waals surface area contributed by atoms with Crippen molar-refractivity contribution in [2.75, 3.05) is 7.05 Å². The number of hydrogen-bond donors (Lipinski definition) is 1. The number of rotatable bonds is 3. The molecule has 0 saturated heterocycles. The number of likely N-dealkylation sites (N-methyl/N-ethyl adjacent to an activating group) is 1. The number of aromatic nitrogens is 2. The van der Waals surface area contributed by atoms with Gasteiger partial charge >= 0.3 is 6.18 Å². The number of hydrogen-bond acceptors (Lipinski definition) is 3. The van der Waals surface area contributed by atoms with E-state index in [9.17, 15) is 23.1 Å². The monoisotopic (exact) mass is 305 g/mol. The van der Waals surface area contributed by atoms with Crippen molar-refractivity contribution in [3.63, 3.8) is 0 Å². The van der Waals surface area contributed by atoms with E-state index in [1.54, 1.807) is 7.05 Å². The highest BCUT2D eigenvalue weighted by molar-refractivity contribution is 5.76. The van der Waals surface area contributed by atoms with Crippen molar-refractivity contribution >= 4 is 5.91 Å². The minimum absolute atomic E-state index is 0.268. The fourth-order valence-corrected chi connectivity index (χ4v) is 2.58. The van der Waals surface area contributed by atoms with E-state index in [4.69, 9.17) is 0 Å². The SMILES string of the molecule is CN(C(=O)Cn1ccc(C(F)(F)F)n1)C1CCCCC1O. The Labute approximate surface area is 120 Å². The molecule has 0 aliphatic heterocycles. The van der Waals surface area contributed by atoms with Gasteiger partial charge in [0.15, 0.2) is 5.69 Å². The Kier molecular flexibility index (Phi) is 4.55. The van der Waals surface area contributed by atoms with Crippen LogP contribution in [0.25, 0.3) is 0 Å². The minimum atomic E-state index is -4.51. The number of amides is 1. The van der Waals surface area contributed by atoms with Crippen LogP contribution in [-0.2, 0) is 17.5 Å². The van der Waals surface area contributed by atoms with Crippen molar-refractivity contribution in [1.29, 1.82) is 0 Å². The first-order chi connectivity index (χ1) is 9.79.